The summed E-state index contributed by atoms with van der Waals surface area (Å²) in [5.74, 6) is 0.995. The van der Waals surface area contributed by atoms with Crippen molar-refractivity contribution in [3.8, 4) is 0 Å². The lowest BCUT2D eigenvalue weighted by Gasteiger charge is -2.35. The molecule has 0 amide bonds. The molecular formula is C13H21N. The van der Waals surface area contributed by atoms with E-state index in [1.165, 1.54) is 57.9 Å². The molecule has 0 spiro atoms. The van der Waals surface area contributed by atoms with Gasteiger partial charge in [0, 0.05) is 5.54 Å². The van der Waals surface area contributed by atoms with Crippen LogP contribution in [0.4, 0.5) is 0 Å². The summed E-state index contributed by atoms with van der Waals surface area (Å²) in [5, 5.41) is 3.83. The van der Waals surface area contributed by atoms with Crippen LogP contribution in [-0.2, 0) is 0 Å². The highest BCUT2D eigenvalue weighted by Gasteiger charge is 2.48. The Kier molecular flexibility index (Phi) is 2.16. The molecule has 1 saturated carbocycles. The van der Waals surface area contributed by atoms with E-state index in [1.807, 2.05) is 0 Å². The fourth-order valence-electron chi connectivity index (χ4n) is 3.47. The standard InChI is InChI=1S/C13H21N/c1-2-5-11(6-3-1)13(12-7-8-12)9-4-10-14-13/h5,12,14H,1-4,6-10H2. The first-order valence-electron chi connectivity index (χ1n) is 6.36. The predicted molar refractivity (Wildman–Crippen MR) is 59.2 cm³/mol. The summed E-state index contributed by atoms with van der Waals surface area (Å²) < 4.78 is 0. The third-order valence-corrected chi connectivity index (χ3v) is 4.33. The second-order valence-electron chi connectivity index (χ2n) is 5.25. The van der Waals surface area contributed by atoms with Gasteiger partial charge < -0.3 is 5.32 Å². The van der Waals surface area contributed by atoms with Gasteiger partial charge in [-0.15, -0.1) is 0 Å². The van der Waals surface area contributed by atoms with Gasteiger partial charge >= 0.3 is 0 Å². The average Bonchev–Trinajstić information content (AvgIpc) is 2.99. The number of hydrogen-bond acceptors (Lipinski definition) is 1. The summed E-state index contributed by atoms with van der Waals surface area (Å²) in [7, 11) is 0. The zero-order chi connectivity index (χ0) is 9.43. The Morgan fingerprint density at radius 1 is 1.21 bits per heavy atom. The molecule has 0 aromatic heterocycles. The zero-order valence-corrected chi connectivity index (χ0v) is 9.02. The Morgan fingerprint density at radius 3 is 2.71 bits per heavy atom. The first-order valence-corrected chi connectivity index (χ1v) is 6.36. The highest BCUT2D eigenvalue weighted by molar-refractivity contribution is 5.28. The molecule has 1 atom stereocenters. The van der Waals surface area contributed by atoms with E-state index >= 15 is 0 Å². The molecule has 1 aliphatic heterocycles. The molecule has 1 N–H and O–H groups in total. The minimum absolute atomic E-state index is 0.487. The molecule has 1 heteroatoms. The SMILES string of the molecule is C1=C(C2(C3CC3)CCCN2)CCCC1. The van der Waals surface area contributed by atoms with Gasteiger partial charge in [0.2, 0.25) is 0 Å². The van der Waals surface area contributed by atoms with Crippen molar-refractivity contribution in [2.75, 3.05) is 6.54 Å². The molecule has 0 aromatic rings. The summed E-state index contributed by atoms with van der Waals surface area (Å²) in [5.41, 5.74) is 2.27. The van der Waals surface area contributed by atoms with Crippen molar-refractivity contribution in [2.45, 2.75) is 56.9 Å². The van der Waals surface area contributed by atoms with Crippen LogP contribution in [0, 0.1) is 5.92 Å². The van der Waals surface area contributed by atoms with Crippen molar-refractivity contribution in [1.82, 2.24) is 5.32 Å². The number of rotatable bonds is 2. The van der Waals surface area contributed by atoms with E-state index in [0.29, 0.717) is 5.54 Å². The second kappa shape index (κ2) is 3.37. The quantitative estimate of drug-likeness (QED) is 0.662. The minimum Gasteiger partial charge on any atom is -0.307 e. The fraction of sp³-hybridized carbons (Fsp3) is 0.846. The van der Waals surface area contributed by atoms with Gasteiger partial charge in [-0.2, -0.15) is 0 Å². The van der Waals surface area contributed by atoms with Gasteiger partial charge in [0.15, 0.2) is 0 Å². The lowest BCUT2D eigenvalue weighted by molar-refractivity contribution is 0.366. The first-order chi connectivity index (χ1) is 6.92. The fourth-order valence-corrected chi connectivity index (χ4v) is 3.47. The van der Waals surface area contributed by atoms with Gasteiger partial charge in [0.05, 0.1) is 0 Å². The molecule has 1 saturated heterocycles. The Hall–Kier alpha value is -0.300. The molecule has 14 heavy (non-hydrogen) atoms. The zero-order valence-electron chi connectivity index (χ0n) is 9.02. The van der Waals surface area contributed by atoms with Gasteiger partial charge in [0.25, 0.3) is 0 Å². The Bertz CT molecular complexity index is 244. The van der Waals surface area contributed by atoms with Crippen LogP contribution < -0.4 is 5.32 Å². The molecule has 1 heterocycles. The van der Waals surface area contributed by atoms with Gasteiger partial charge in [-0.3, -0.25) is 0 Å². The molecule has 78 valence electrons. The minimum atomic E-state index is 0.487. The Balaban J connectivity index is 1.86. The number of nitrogens with one attached hydrogen (secondary N) is 1. The first kappa shape index (κ1) is 8.96. The normalized spacial score (nSPS) is 38.4. The molecule has 0 aromatic carbocycles. The average molecular weight is 191 g/mol. The van der Waals surface area contributed by atoms with Crippen LogP contribution in [0.25, 0.3) is 0 Å². The second-order valence-corrected chi connectivity index (χ2v) is 5.25. The van der Waals surface area contributed by atoms with E-state index in [1.54, 1.807) is 5.57 Å². The van der Waals surface area contributed by atoms with Crippen LogP contribution in [0.2, 0.25) is 0 Å². The highest BCUT2D eigenvalue weighted by atomic mass is 15.0. The summed E-state index contributed by atoms with van der Waals surface area (Å²) in [6.45, 7) is 1.26. The van der Waals surface area contributed by atoms with Crippen LogP contribution in [0.1, 0.15) is 51.4 Å². The molecule has 3 aliphatic rings. The summed E-state index contributed by atoms with van der Waals surface area (Å²) >= 11 is 0. The van der Waals surface area contributed by atoms with Gasteiger partial charge in [-0.1, -0.05) is 11.6 Å². The maximum Gasteiger partial charge on any atom is 0.0422 e. The van der Waals surface area contributed by atoms with Gasteiger partial charge in [-0.05, 0) is 63.8 Å². The summed E-state index contributed by atoms with van der Waals surface area (Å²) in [6, 6.07) is 0. The van der Waals surface area contributed by atoms with Crippen LogP contribution >= 0.6 is 0 Å². The van der Waals surface area contributed by atoms with E-state index in [-0.39, 0.29) is 0 Å². The molecule has 3 rings (SSSR count). The van der Waals surface area contributed by atoms with Crippen molar-refractivity contribution in [1.29, 1.82) is 0 Å². The van der Waals surface area contributed by atoms with E-state index in [0.717, 1.165) is 5.92 Å². The van der Waals surface area contributed by atoms with Crippen molar-refractivity contribution >= 4 is 0 Å². The van der Waals surface area contributed by atoms with Crippen molar-refractivity contribution in [2.24, 2.45) is 5.92 Å². The Morgan fingerprint density at radius 2 is 2.14 bits per heavy atom. The van der Waals surface area contributed by atoms with Gasteiger partial charge in [0.1, 0.15) is 0 Å². The third kappa shape index (κ3) is 1.33. The maximum atomic E-state index is 3.83. The molecule has 0 radical (unpaired) electrons. The van der Waals surface area contributed by atoms with Crippen molar-refractivity contribution < 1.29 is 0 Å². The van der Waals surface area contributed by atoms with Crippen molar-refractivity contribution in [3.05, 3.63) is 11.6 Å². The topological polar surface area (TPSA) is 12.0 Å². The number of allylic oxidation sites excluding steroid dienone is 1. The molecule has 2 aliphatic carbocycles. The lowest BCUT2D eigenvalue weighted by atomic mass is 9.78. The van der Waals surface area contributed by atoms with Gasteiger partial charge in [-0.25, -0.2) is 0 Å². The molecule has 1 nitrogen and oxygen atoms in total. The van der Waals surface area contributed by atoms with Crippen LogP contribution in [0.3, 0.4) is 0 Å². The lowest BCUT2D eigenvalue weighted by Crippen LogP contribution is -2.44. The largest absolute Gasteiger partial charge is 0.307 e. The third-order valence-electron chi connectivity index (χ3n) is 4.33. The Labute approximate surface area is 87.0 Å². The predicted octanol–water partition coefficient (Wildman–Crippen LogP) is 3.02. The van der Waals surface area contributed by atoms with Crippen molar-refractivity contribution in [3.63, 3.8) is 0 Å². The van der Waals surface area contributed by atoms with Crippen LogP contribution in [-0.4, -0.2) is 12.1 Å². The molecular weight excluding hydrogens is 170 g/mol. The number of hydrogen-bond donors (Lipinski definition) is 1. The monoisotopic (exact) mass is 191 g/mol. The van der Waals surface area contributed by atoms with Crippen LogP contribution in [0.15, 0.2) is 11.6 Å². The maximum absolute atomic E-state index is 3.83. The van der Waals surface area contributed by atoms with Crippen LogP contribution in [0.5, 0.6) is 0 Å². The smallest absolute Gasteiger partial charge is 0.0422 e. The molecule has 2 fully saturated rings. The summed E-state index contributed by atoms with van der Waals surface area (Å²) in [6.07, 6.45) is 13.9. The van der Waals surface area contributed by atoms with E-state index in [9.17, 15) is 0 Å². The van der Waals surface area contributed by atoms with E-state index in [4.69, 9.17) is 0 Å². The summed E-state index contributed by atoms with van der Waals surface area (Å²) in [4.78, 5) is 0. The highest BCUT2D eigenvalue weighted by Crippen LogP contribution is 2.49. The van der Waals surface area contributed by atoms with E-state index in [2.05, 4.69) is 11.4 Å². The van der Waals surface area contributed by atoms with E-state index < -0.39 is 0 Å². The molecule has 0 bridgehead atoms. The molecule has 1 unspecified atom stereocenters.